The van der Waals surface area contributed by atoms with Crippen molar-refractivity contribution in [2.24, 2.45) is 5.16 Å². The number of aryl methyl sites for hydroxylation is 1. The van der Waals surface area contributed by atoms with Gasteiger partial charge in [-0.15, -0.1) is 0 Å². The standard InChI is InChI=1S/C18H20N2O/c1-14-8-10-15(11-9-14)13-20-12-4-6-17(19-21)16-5-2-3-7-18(16)20/h2-3,5,7-11,21H,4,6,12-13H2,1H3/b19-17-. The smallest absolute Gasteiger partial charge is 0.0889 e. The highest BCUT2D eigenvalue weighted by Crippen LogP contribution is 2.28. The van der Waals surface area contributed by atoms with E-state index >= 15 is 0 Å². The number of hydrogen-bond acceptors (Lipinski definition) is 3. The first kappa shape index (κ1) is 13.7. The Kier molecular flexibility index (Phi) is 3.91. The van der Waals surface area contributed by atoms with Crippen LogP contribution < -0.4 is 4.90 Å². The van der Waals surface area contributed by atoms with Gasteiger partial charge in [0, 0.05) is 24.3 Å². The van der Waals surface area contributed by atoms with Crippen LogP contribution in [0, 0.1) is 6.92 Å². The molecule has 1 N–H and O–H groups in total. The van der Waals surface area contributed by atoms with Crippen molar-refractivity contribution in [2.75, 3.05) is 11.4 Å². The Labute approximate surface area is 125 Å². The molecule has 2 aromatic rings. The first-order valence-corrected chi connectivity index (χ1v) is 7.39. The minimum atomic E-state index is 0.789. The van der Waals surface area contributed by atoms with Crippen molar-refractivity contribution in [2.45, 2.75) is 26.3 Å². The molecular formula is C18H20N2O. The summed E-state index contributed by atoms with van der Waals surface area (Å²) in [5, 5.41) is 12.7. The third-order valence-corrected chi connectivity index (χ3v) is 4.01. The topological polar surface area (TPSA) is 35.8 Å². The molecule has 0 amide bonds. The minimum absolute atomic E-state index is 0.789. The van der Waals surface area contributed by atoms with E-state index in [4.69, 9.17) is 0 Å². The van der Waals surface area contributed by atoms with Crippen molar-refractivity contribution in [3.8, 4) is 0 Å². The van der Waals surface area contributed by atoms with Crippen LogP contribution in [-0.4, -0.2) is 17.5 Å². The zero-order valence-corrected chi connectivity index (χ0v) is 12.3. The molecule has 1 heterocycles. The Morgan fingerprint density at radius 1 is 1.10 bits per heavy atom. The van der Waals surface area contributed by atoms with Gasteiger partial charge in [0.2, 0.25) is 0 Å². The lowest BCUT2D eigenvalue weighted by Gasteiger charge is -2.25. The van der Waals surface area contributed by atoms with Gasteiger partial charge in [0.1, 0.15) is 0 Å². The van der Waals surface area contributed by atoms with Crippen LogP contribution >= 0.6 is 0 Å². The molecule has 0 saturated heterocycles. The van der Waals surface area contributed by atoms with Crippen LogP contribution in [-0.2, 0) is 6.54 Å². The second-order valence-corrected chi connectivity index (χ2v) is 5.57. The first-order valence-electron chi connectivity index (χ1n) is 7.39. The van der Waals surface area contributed by atoms with Gasteiger partial charge in [0.25, 0.3) is 0 Å². The summed E-state index contributed by atoms with van der Waals surface area (Å²) in [7, 11) is 0. The van der Waals surface area contributed by atoms with E-state index in [0.717, 1.165) is 42.9 Å². The number of fused-ring (bicyclic) bond motifs is 1. The van der Waals surface area contributed by atoms with E-state index in [1.54, 1.807) is 0 Å². The first-order chi connectivity index (χ1) is 10.3. The average molecular weight is 280 g/mol. The molecule has 0 aromatic heterocycles. The van der Waals surface area contributed by atoms with Gasteiger partial charge in [-0.2, -0.15) is 0 Å². The molecule has 1 aliphatic heterocycles. The molecule has 3 nitrogen and oxygen atoms in total. The quantitative estimate of drug-likeness (QED) is 0.667. The summed E-state index contributed by atoms with van der Waals surface area (Å²) in [4.78, 5) is 2.37. The predicted octanol–water partition coefficient (Wildman–Crippen LogP) is 3.97. The maximum atomic E-state index is 9.24. The molecule has 0 bridgehead atoms. The SMILES string of the molecule is Cc1ccc(CN2CCC/C(=N/O)c3ccccc32)cc1. The van der Waals surface area contributed by atoms with Crippen molar-refractivity contribution >= 4 is 11.4 Å². The summed E-state index contributed by atoms with van der Waals surface area (Å²) >= 11 is 0. The minimum Gasteiger partial charge on any atom is -0.411 e. The van der Waals surface area contributed by atoms with Crippen LogP contribution in [0.5, 0.6) is 0 Å². The van der Waals surface area contributed by atoms with E-state index in [2.05, 4.69) is 47.3 Å². The highest BCUT2D eigenvalue weighted by molar-refractivity contribution is 6.05. The number of rotatable bonds is 2. The predicted molar refractivity (Wildman–Crippen MR) is 86.2 cm³/mol. The van der Waals surface area contributed by atoms with E-state index in [-0.39, 0.29) is 0 Å². The van der Waals surface area contributed by atoms with Gasteiger partial charge in [-0.25, -0.2) is 0 Å². The van der Waals surface area contributed by atoms with Crippen LogP contribution in [0.2, 0.25) is 0 Å². The van der Waals surface area contributed by atoms with E-state index < -0.39 is 0 Å². The molecule has 0 unspecified atom stereocenters. The van der Waals surface area contributed by atoms with Gasteiger partial charge in [-0.05, 0) is 31.4 Å². The van der Waals surface area contributed by atoms with Crippen LogP contribution in [0.15, 0.2) is 53.7 Å². The second kappa shape index (κ2) is 6.00. The van der Waals surface area contributed by atoms with Crippen LogP contribution in [0.1, 0.15) is 29.5 Å². The van der Waals surface area contributed by atoms with Gasteiger partial charge >= 0.3 is 0 Å². The van der Waals surface area contributed by atoms with Crippen molar-refractivity contribution in [3.05, 3.63) is 65.2 Å². The van der Waals surface area contributed by atoms with E-state index in [9.17, 15) is 5.21 Å². The lowest BCUT2D eigenvalue weighted by molar-refractivity contribution is 0.318. The Morgan fingerprint density at radius 2 is 1.86 bits per heavy atom. The summed E-state index contributed by atoms with van der Waals surface area (Å²) in [6, 6.07) is 16.9. The summed E-state index contributed by atoms with van der Waals surface area (Å²) in [6.45, 7) is 3.97. The van der Waals surface area contributed by atoms with Gasteiger partial charge in [0.05, 0.1) is 5.71 Å². The van der Waals surface area contributed by atoms with Crippen LogP contribution in [0.4, 0.5) is 5.69 Å². The molecule has 0 aliphatic carbocycles. The fraction of sp³-hybridized carbons (Fsp3) is 0.278. The average Bonchev–Trinajstić information content (AvgIpc) is 2.69. The molecule has 3 heteroatoms. The number of oxime groups is 1. The molecule has 0 saturated carbocycles. The molecule has 1 aliphatic rings. The fourth-order valence-electron chi connectivity index (χ4n) is 2.87. The Morgan fingerprint density at radius 3 is 2.62 bits per heavy atom. The summed E-state index contributed by atoms with van der Waals surface area (Å²) in [5.41, 5.74) is 5.58. The van der Waals surface area contributed by atoms with E-state index in [1.807, 2.05) is 18.2 Å². The third kappa shape index (κ3) is 2.92. The van der Waals surface area contributed by atoms with Crippen molar-refractivity contribution < 1.29 is 5.21 Å². The zero-order valence-electron chi connectivity index (χ0n) is 12.3. The Balaban J connectivity index is 1.93. The second-order valence-electron chi connectivity index (χ2n) is 5.57. The largest absolute Gasteiger partial charge is 0.411 e. The number of benzene rings is 2. The summed E-state index contributed by atoms with van der Waals surface area (Å²) in [5.74, 6) is 0. The molecule has 21 heavy (non-hydrogen) atoms. The maximum absolute atomic E-state index is 9.24. The molecule has 3 rings (SSSR count). The molecule has 108 valence electrons. The van der Waals surface area contributed by atoms with Crippen molar-refractivity contribution in [3.63, 3.8) is 0 Å². The van der Waals surface area contributed by atoms with Crippen molar-refractivity contribution in [1.29, 1.82) is 0 Å². The lowest BCUT2D eigenvalue weighted by atomic mass is 10.1. The molecule has 0 atom stereocenters. The molecule has 0 spiro atoms. The highest BCUT2D eigenvalue weighted by atomic mass is 16.4. The summed E-state index contributed by atoms with van der Waals surface area (Å²) < 4.78 is 0. The lowest BCUT2D eigenvalue weighted by Crippen LogP contribution is -2.23. The Hall–Kier alpha value is -2.29. The van der Waals surface area contributed by atoms with Gasteiger partial charge in [-0.1, -0.05) is 53.2 Å². The highest BCUT2D eigenvalue weighted by Gasteiger charge is 2.19. The van der Waals surface area contributed by atoms with Gasteiger partial charge in [0.15, 0.2) is 0 Å². The van der Waals surface area contributed by atoms with Gasteiger partial charge in [-0.3, -0.25) is 0 Å². The number of anilines is 1. The summed E-state index contributed by atoms with van der Waals surface area (Å²) in [6.07, 6.45) is 1.82. The molecule has 0 radical (unpaired) electrons. The zero-order chi connectivity index (χ0) is 14.7. The number of para-hydroxylation sites is 1. The van der Waals surface area contributed by atoms with E-state index in [0.29, 0.717) is 0 Å². The molecule has 0 fully saturated rings. The van der Waals surface area contributed by atoms with Crippen LogP contribution in [0.3, 0.4) is 0 Å². The number of nitrogens with zero attached hydrogens (tertiary/aromatic N) is 2. The van der Waals surface area contributed by atoms with Crippen LogP contribution in [0.25, 0.3) is 0 Å². The molecule has 2 aromatic carbocycles. The maximum Gasteiger partial charge on any atom is 0.0889 e. The van der Waals surface area contributed by atoms with Crippen molar-refractivity contribution in [1.82, 2.24) is 0 Å². The molecular weight excluding hydrogens is 260 g/mol. The monoisotopic (exact) mass is 280 g/mol. The fourth-order valence-corrected chi connectivity index (χ4v) is 2.87. The Bertz CT molecular complexity index is 647. The van der Waals surface area contributed by atoms with E-state index in [1.165, 1.54) is 11.1 Å². The normalized spacial score (nSPS) is 16.6. The number of hydrogen-bond donors (Lipinski definition) is 1. The third-order valence-electron chi connectivity index (χ3n) is 4.01. The van der Waals surface area contributed by atoms with Gasteiger partial charge < -0.3 is 10.1 Å².